The van der Waals surface area contributed by atoms with Gasteiger partial charge in [-0.25, -0.2) is 4.98 Å². The van der Waals surface area contributed by atoms with Gasteiger partial charge in [0.25, 0.3) is 0 Å². The Kier molecular flexibility index (Phi) is 3.94. The van der Waals surface area contributed by atoms with Crippen molar-refractivity contribution >= 4 is 22.4 Å². The number of amides is 1. The zero-order valence-corrected chi connectivity index (χ0v) is 11.8. The van der Waals surface area contributed by atoms with Crippen LogP contribution in [0.5, 0.6) is 0 Å². The lowest BCUT2D eigenvalue weighted by Gasteiger charge is -2.11. The van der Waals surface area contributed by atoms with Gasteiger partial charge in [0.15, 0.2) is 5.13 Å². The van der Waals surface area contributed by atoms with E-state index in [0.717, 1.165) is 43.2 Å². The fourth-order valence-electron chi connectivity index (χ4n) is 2.61. The first kappa shape index (κ1) is 12.8. The summed E-state index contributed by atoms with van der Waals surface area (Å²) in [4.78, 5) is 17.8. The molecule has 102 valence electrons. The van der Waals surface area contributed by atoms with Gasteiger partial charge >= 0.3 is 0 Å². The molecule has 0 bridgehead atoms. The Labute approximate surface area is 117 Å². The van der Waals surface area contributed by atoms with Crippen LogP contribution >= 0.6 is 11.3 Å². The fraction of sp³-hybridized carbons (Fsp3) is 0.571. The molecular formula is C14H19N3OS. The van der Waals surface area contributed by atoms with Crippen LogP contribution in [0.4, 0.5) is 5.13 Å². The highest BCUT2D eigenvalue weighted by Gasteiger charge is 2.16. The molecule has 1 aromatic heterocycles. The molecule has 2 N–H and O–H groups in total. The van der Waals surface area contributed by atoms with Crippen molar-refractivity contribution in [2.45, 2.75) is 45.1 Å². The first-order valence-electron chi connectivity index (χ1n) is 6.98. The number of nitrogens with zero attached hydrogens (tertiary/aromatic N) is 1. The molecule has 0 aromatic carbocycles. The molecule has 0 fully saturated rings. The Morgan fingerprint density at radius 1 is 1.42 bits per heavy atom. The van der Waals surface area contributed by atoms with Crippen molar-refractivity contribution in [2.75, 3.05) is 11.9 Å². The highest BCUT2D eigenvalue weighted by molar-refractivity contribution is 7.15. The van der Waals surface area contributed by atoms with Gasteiger partial charge in [0.1, 0.15) is 0 Å². The Morgan fingerprint density at radius 3 is 3.16 bits per heavy atom. The zero-order chi connectivity index (χ0) is 13.1. The zero-order valence-electron chi connectivity index (χ0n) is 11.0. The van der Waals surface area contributed by atoms with E-state index in [0.29, 0.717) is 6.42 Å². The van der Waals surface area contributed by atoms with E-state index in [1.807, 2.05) is 0 Å². The maximum Gasteiger partial charge on any atom is 0.230 e. The van der Waals surface area contributed by atoms with Crippen molar-refractivity contribution in [2.24, 2.45) is 0 Å². The second kappa shape index (κ2) is 5.84. The summed E-state index contributed by atoms with van der Waals surface area (Å²) in [5, 5.41) is 7.03. The molecule has 0 radical (unpaired) electrons. The van der Waals surface area contributed by atoms with Gasteiger partial charge in [-0.05, 0) is 25.7 Å². The summed E-state index contributed by atoms with van der Waals surface area (Å²) in [5.41, 5.74) is 2.43. The van der Waals surface area contributed by atoms with Crippen molar-refractivity contribution in [3.8, 4) is 0 Å². The van der Waals surface area contributed by atoms with Gasteiger partial charge in [-0.3, -0.25) is 4.79 Å². The number of hydrogen-bond acceptors (Lipinski definition) is 4. The molecule has 0 unspecified atom stereocenters. The minimum atomic E-state index is 0.0761. The smallest absolute Gasteiger partial charge is 0.230 e. The van der Waals surface area contributed by atoms with Gasteiger partial charge < -0.3 is 10.6 Å². The Balaban J connectivity index is 1.59. The number of aromatic nitrogens is 1. The molecule has 5 heteroatoms. The van der Waals surface area contributed by atoms with E-state index in [2.05, 4.69) is 21.7 Å². The number of anilines is 1. The monoisotopic (exact) mass is 277 g/mol. The van der Waals surface area contributed by atoms with Crippen molar-refractivity contribution in [3.63, 3.8) is 0 Å². The molecule has 0 atom stereocenters. The highest BCUT2D eigenvalue weighted by atomic mass is 32.1. The van der Waals surface area contributed by atoms with E-state index >= 15 is 0 Å². The van der Waals surface area contributed by atoms with Gasteiger partial charge in [-0.1, -0.05) is 11.6 Å². The molecule has 0 saturated carbocycles. The summed E-state index contributed by atoms with van der Waals surface area (Å²) >= 11 is 1.60. The average molecular weight is 277 g/mol. The number of allylic oxidation sites excluding steroid dienone is 1. The summed E-state index contributed by atoms with van der Waals surface area (Å²) in [6.07, 6.45) is 8.40. The van der Waals surface area contributed by atoms with Gasteiger partial charge in [0.05, 0.1) is 5.69 Å². The number of carbonyl (C=O) groups excluding carboxylic acids is 1. The standard InChI is InChI=1S/C14H19N3OS/c18-13(8-10-4-2-1-3-5-10)17-14-16-11-6-7-15-9-12(11)19-14/h4,15H,1-3,5-9H2,(H,16,17,18). The minimum Gasteiger partial charge on any atom is -0.311 e. The third kappa shape index (κ3) is 3.22. The molecule has 0 spiro atoms. The molecule has 2 aliphatic rings. The summed E-state index contributed by atoms with van der Waals surface area (Å²) in [5.74, 6) is 0.0761. The van der Waals surface area contributed by atoms with E-state index in [1.54, 1.807) is 11.3 Å². The summed E-state index contributed by atoms with van der Waals surface area (Å²) in [6, 6.07) is 0. The highest BCUT2D eigenvalue weighted by Crippen LogP contribution is 2.26. The van der Waals surface area contributed by atoms with Gasteiger partial charge in [-0.2, -0.15) is 0 Å². The van der Waals surface area contributed by atoms with Crippen LogP contribution in [0.15, 0.2) is 11.6 Å². The number of rotatable bonds is 3. The van der Waals surface area contributed by atoms with Crippen LogP contribution in [0.1, 0.15) is 42.7 Å². The predicted molar refractivity (Wildman–Crippen MR) is 77.3 cm³/mol. The molecule has 1 aromatic rings. The maximum atomic E-state index is 12.0. The van der Waals surface area contributed by atoms with E-state index in [4.69, 9.17) is 0 Å². The SMILES string of the molecule is O=C(CC1=CCCCC1)Nc1nc2c(s1)CNCC2. The van der Waals surface area contributed by atoms with E-state index in [-0.39, 0.29) is 5.91 Å². The number of fused-ring (bicyclic) bond motifs is 1. The fourth-order valence-corrected chi connectivity index (χ4v) is 3.61. The van der Waals surface area contributed by atoms with Crippen LogP contribution in [-0.2, 0) is 17.8 Å². The van der Waals surface area contributed by atoms with Crippen LogP contribution in [0.3, 0.4) is 0 Å². The summed E-state index contributed by atoms with van der Waals surface area (Å²) in [7, 11) is 0. The van der Waals surface area contributed by atoms with Crippen molar-refractivity contribution < 1.29 is 4.79 Å². The van der Waals surface area contributed by atoms with E-state index in [1.165, 1.54) is 23.3 Å². The van der Waals surface area contributed by atoms with Crippen molar-refractivity contribution in [3.05, 3.63) is 22.2 Å². The Morgan fingerprint density at radius 2 is 2.37 bits per heavy atom. The van der Waals surface area contributed by atoms with E-state index in [9.17, 15) is 4.79 Å². The lowest BCUT2D eigenvalue weighted by atomic mass is 9.97. The molecule has 1 aliphatic heterocycles. The Hall–Kier alpha value is -1.20. The minimum absolute atomic E-state index is 0.0761. The molecule has 1 amide bonds. The topological polar surface area (TPSA) is 54.0 Å². The van der Waals surface area contributed by atoms with Crippen molar-refractivity contribution in [1.29, 1.82) is 0 Å². The quantitative estimate of drug-likeness (QED) is 0.835. The molecular weight excluding hydrogens is 258 g/mol. The summed E-state index contributed by atoms with van der Waals surface area (Å²) in [6.45, 7) is 1.87. The molecule has 2 heterocycles. The molecule has 4 nitrogen and oxygen atoms in total. The lowest BCUT2D eigenvalue weighted by molar-refractivity contribution is -0.115. The first-order chi connectivity index (χ1) is 9.31. The summed E-state index contributed by atoms with van der Waals surface area (Å²) < 4.78 is 0. The number of carbonyl (C=O) groups is 1. The van der Waals surface area contributed by atoms with Crippen LogP contribution in [0.25, 0.3) is 0 Å². The van der Waals surface area contributed by atoms with Crippen LogP contribution in [0, 0.1) is 0 Å². The van der Waals surface area contributed by atoms with Gasteiger partial charge in [-0.15, -0.1) is 11.3 Å². The third-order valence-electron chi connectivity index (χ3n) is 3.62. The maximum absolute atomic E-state index is 12.0. The molecule has 19 heavy (non-hydrogen) atoms. The second-order valence-electron chi connectivity index (χ2n) is 5.15. The van der Waals surface area contributed by atoms with Gasteiger partial charge in [0.2, 0.25) is 5.91 Å². The lowest BCUT2D eigenvalue weighted by Crippen LogP contribution is -2.22. The molecule has 3 rings (SSSR count). The normalized spacial score (nSPS) is 18.6. The second-order valence-corrected chi connectivity index (χ2v) is 6.23. The van der Waals surface area contributed by atoms with Crippen LogP contribution in [0.2, 0.25) is 0 Å². The molecule has 1 aliphatic carbocycles. The van der Waals surface area contributed by atoms with Crippen LogP contribution in [-0.4, -0.2) is 17.4 Å². The van der Waals surface area contributed by atoms with Gasteiger partial charge in [0, 0.05) is 30.8 Å². The van der Waals surface area contributed by atoms with E-state index < -0.39 is 0 Å². The average Bonchev–Trinajstić information content (AvgIpc) is 2.81. The third-order valence-corrected chi connectivity index (χ3v) is 4.63. The van der Waals surface area contributed by atoms with Crippen molar-refractivity contribution in [1.82, 2.24) is 10.3 Å². The Bertz CT molecular complexity index is 483. The largest absolute Gasteiger partial charge is 0.311 e. The first-order valence-corrected chi connectivity index (χ1v) is 7.80. The number of thiazole rings is 1. The van der Waals surface area contributed by atoms with Crippen LogP contribution < -0.4 is 10.6 Å². The number of hydrogen-bond donors (Lipinski definition) is 2. The molecule has 0 saturated heterocycles. The number of nitrogens with one attached hydrogen (secondary N) is 2. The predicted octanol–water partition coefficient (Wildman–Crippen LogP) is 2.62.